The second kappa shape index (κ2) is 9.75. The number of fused-ring (bicyclic) bond motifs is 1. The SMILES string of the molecule is CCCCC(C)(OCC)C(=O)Nc1ccc(OC(C)CC)c2ccccc12. The van der Waals surface area contributed by atoms with Gasteiger partial charge in [0.2, 0.25) is 0 Å². The molecule has 2 atom stereocenters. The number of carbonyl (C=O) groups is 1. The largest absolute Gasteiger partial charge is 0.490 e. The van der Waals surface area contributed by atoms with Gasteiger partial charge in [0.05, 0.1) is 6.10 Å². The van der Waals surface area contributed by atoms with Crippen molar-refractivity contribution in [3.63, 3.8) is 0 Å². The third kappa shape index (κ3) is 5.23. The summed E-state index contributed by atoms with van der Waals surface area (Å²) in [6.45, 7) is 10.6. The van der Waals surface area contributed by atoms with Crippen LogP contribution in [0.1, 0.15) is 60.3 Å². The van der Waals surface area contributed by atoms with Crippen LogP contribution in [-0.2, 0) is 9.53 Å². The molecule has 148 valence electrons. The Kier molecular flexibility index (Phi) is 7.66. The molecule has 0 saturated heterocycles. The molecule has 27 heavy (non-hydrogen) atoms. The monoisotopic (exact) mass is 371 g/mol. The summed E-state index contributed by atoms with van der Waals surface area (Å²) >= 11 is 0. The lowest BCUT2D eigenvalue weighted by molar-refractivity contribution is -0.139. The first-order chi connectivity index (χ1) is 12.9. The quantitative estimate of drug-likeness (QED) is 0.562. The van der Waals surface area contributed by atoms with Gasteiger partial charge in [-0.05, 0) is 45.7 Å². The van der Waals surface area contributed by atoms with Crippen molar-refractivity contribution in [3.8, 4) is 5.75 Å². The Morgan fingerprint density at radius 2 is 1.81 bits per heavy atom. The molecule has 2 aromatic rings. The van der Waals surface area contributed by atoms with Crippen LogP contribution in [0.3, 0.4) is 0 Å². The smallest absolute Gasteiger partial charge is 0.256 e. The van der Waals surface area contributed by atoms with Crippen molar-refractivity contribution in [1.29, 1.82) is 0 Å². The summed E-state index contributed by atoms with van der Waals surface area (Å²) in [5, 5.41) is 5.07. The normalized spacial score (nSPS) is 14.6. The summed E-state index contributed by atoms with van der Waals surface area (Å²) in [7, 11) is 0. The number of carbonyl (C=O) groups excluding carboxylic acids is 1. The lowest BCUT2D eigenvalue weighted by atomic mass is 9.97. The van der Waals surface area contributed by atoms with Crippen LogP contribution < -0.4 is 10.1 Å². The molecule has 1 amide bonds. The predicted octanol–water partition coefficient (Wildman–Crippen LogP) is 5.94. The molecule has 0 saturated carbocycles. The zero-order valence-electron chi connectivity index (χ0n) is 17.3. The van der Waals surface area contributed by atoms with Crippen LogP contribution in [0.4, 0.5) is 5.69 Å². The number of hydrogen-bond acceptors (Lipinski definition) is 3. The summed E-state index contributed by atoms with van der Waals surface area (Å²) in [5.41, 5.74) is -0.0351. The predicted molar refractivity (Wildman–Crippen MR) is 113 cm³/mol. The average Bonchev–Trinajstić information content (AvgIpc) is 2.68. The van der Waals surface area contributed by atoms with E-state index in [2.05, 4.69) is 26.1 Å². The van der Waals surface area contributed by atoms with Crippen molar-refractivity contribution >= 4 is 22.4 Å². The van der Waals surface area contributed by atoms with Crippen molar-refractivity contribution < 1.29 is 14.3 Å². The van der Waals surface area contributed by atoms with E-state index in [-0.39, 0.29) is 12.0 Å². The molecule has 0 aromatic heterocycles. The van der Waals surface area contributed by atoms with Crippen LogP contribution in [0.5, 0.6) is 5.75 Å². The van der Waals surface area contributed by atoms with Crippen LogP contribution in [0, 0.1) is 0 Å². The van der Waals surface area contributed by atoms with Gasteiger partial charge in [0.15, 0.2) is 0 Å². The van der Waals surface area contributed by atoms with Crippen molar-refractivity contribution in [1.82, 2.24) is 0 Å². The fraction of sp³-hybridized carbons (Fsp3) is 0.522. The summed E-state index contributed by atoms with van der Waals surface area (Å²) in [5.74, 6) is 0.745. The maximum atomic E-state index is 13.0. The Balaban J connectivity index is 2.33. The van der Waals surface area contributed by atoms with Crippen LogP contribution in [0.15, 0.2) is 36.4 Å². The number of amides is 1. The van der Waals surface area contributed by atoms with Gasteiger partial charge in [-0.2, -0.15) is 0 Å². The highest BCUT2D eigenvalue weighted by Crippen LogP contribution is 2.33. The Bertz CT molecular complexity index is 758. The Labute approximate surface area is 163 Å². The second-order valence-electron chi connectivity index (χ2n) is 7.22. The average molecular weight is 372 g/mol. The molecule has 0 aliphatic rings. The van der Waals surface area contributed by atoms with E-state index in [1.807, 2.05) is 50.2 Å². The highest BCUT2D eigenvalue weighted by atomic mass is 16.5. The fourth-order valence-corrected chi connectivity index (χ4v) is 3.12. The number of ether oxygens (including phenoxy) is 2. The third-order valence-electron chi connectivity index (χ3n) is 4.99. The van der Waals surface area contributed by atoms with E-state index in [1.165, 1.54) is 0 Å². The molecule has 0 bridgehead atoms. The van der Waals surface area contributed by atoms with Crippen LogP contribution >= 0.6 is 0 Å². The lowest BCUT2D eigenvalue weighted by Gasteiger charge is -2.28. The molecule has 2 unspecified atom stereocenters. The Hall–Kier alpha value is -2.07. The molecule has 0 aliphatic carbocycles. The van der Waals surface area contributed by atoms with Crippen LogP contribution in [0.2, 0.25) is 0 Å². The van der Waals surface area contributed by atoms with Gasteiger partial charge in [-0.25, -0.2) is 0 Å². The van der Waals surface area contributed by atoms with Gasteiger partial charge >= 0.3 is 0 Å². The maximum absolute atomic E-state index is 13.0. The third-order valence-corrected chi connectivity index (χ3v) is 4.99. The minimum Gasteiger partial charge on any atom is -0.490 e. The highest BCUT2D eigenvalue weighted by molar-refractivity contribution is 6.06. The van der Waals surface area contributed by atoms with E-state index in [0.29, 0.717) is 13.0 Å². The molecule has 0 spiro atoms. The van der Waals surface area contributed by atoms with Gasteiger partial charge in [0, 0.05) is 23.1 Å². The zero-order valence-corrected chi connectivity index (χ0v) is 17.3. The Morgan fingerprint density at radius 1 is 1.11 bits per heavy atom. The summed E-state index contributed by atoms with van der Waals surface area (Å²) in [6, 6.07) is 11.9. The van der Waals surface area contributed by atoms with Gasteiger partial charge in [0.25, 0.3) is 5.91 Å². The first-order valence-corrected chi connectivity index (χ1v) is 10.1. The first-order valence-electron chi connectivity index (χ1n) is 10.1. The Morgan fingerprint density at radius 3 is 2.44 bits per heavy atom. The molecule has 4 nitrogen and oxygen atoms in total. The molecule has 4 heteroatoms. The summed E-state index contributed by atoms with van der Waals surface area (Å²) in [4.78, 5) is 13.0. The summed E-state index contributed by atoms with van der Waals surface area (Å²) in [6.07, 6.45) is 3.77. The van der Waals surface area contributed by atoms with E-state index in [1.54, 1.807) is 0 Å². The molecule has 0 radical (unpaired) electrons. The molecule has 2 aromatic carbocycles. The van der Waals surface area contributed by atoms with E-state index in [4.69, 9.17) is 9.47 Å². The standard InChI is InChI=1S/C23H33NO3/c1-6-9-16-23(5,26-8-3)22(25)24-20-14-15-21(27-17(4)7-2)19-13-11-10-12-18(19)20/h10-15,17H,6-9,16H2,1-5H3,(H,24,25). The molecule has 1 N–H and O–H groups in total. The van der Waals surface area contributed by atoms with Gasteiger partial charge in [-0.1, -0.05) is 51.0 Å². The van der Waals surface area contributed by atoms with Crippen molar-refractivity contribution in [2.75, 3.05) is 11.9 Å². The van der Waals surface area contributed by atoms with Gasteiger partial charge in [0.1, 0.15) is 11.4 Å². The van der Waals surface area contributed by atoms with E-state index >= 15 is 0 Å². The molecular weight excluding hydrogens is 338 g/mol. The van der Waals surface area contributed by atoms with Crippen molar-refractivity contribution in [2.45, 2.75) is 72.0 Å². The second-order valence-corrected chi connectivity index (χ2v) is 7.22. The van der Waals surface area contributed by atoms with Crippen molar-refractivity contribution in [3.05, 3.63) is 36.4 Å². The van der Waals surface area contributed by atoms with Crippen LogP contribution in [0.25, 0.3) is 10.8 Å². The summed E-state index contributed by atoms with van der Waals surface area (Å²) < 4.78 is 11.9. The number of benzene rings is 2. The minimum atomic E-state index is -0.822. The minimum absolute atomic E-state index is 0.0986. The van der Waals surface area contributed by atoms with Crippen LogP contribution in [-0.4, -0.2) is 24.2 Å². The zero-order chi connectivity index (χ0) is 19.9. The number of unbranched alkanes of at least 4 members (excludes halogenated alkanes) is 1. The van der Waals surface area contributed by atoms with E-state index in [0.717, 1.165) is 41.5 Å². The number of nitrogens with one attached hydrogen (secondary N) is 1. The molecular formula is C23H33NO3. The fourth-order valence-electron chi connectivity index (χ4n) is 3.12. The number of hydrogen-bond donors (Lipinski definition) is 1. The van der Waals surface area contributed by atoms with E-state index in [9.17, 15) is 4.79 Å². The topological polar surface area (TPSA) is 47.6 Å². The molecule has 0 aliphatic heterocycles. The number of anilines is 1. The number of rotatable bonds is 10. The highest BCUT2D eigenvalue weighted by Gasteiger charge is 2.33. The van der Waals surface area contributed by atoms with Crippen molar-refractivity contribution in [2.24, 2.45) is 0 Å². The van der Waals surface area contributed by atoms with Gasteiger partial charge in [-0.3, -0.25) is 4.79 Å². The van der Waals surface area contributed by atoms with Gasteiger partial charge < -0.3 is 14.8 Å². The molecule has 2 rings (SSSR count). The first kappa shape index (κ1) is 21.2. The maximum Gasteiger partial charge on any atom is 0.256 e. The molecule has 0 fully saturated rings. The molecule has 0 heterocycles. The van der Waals surface area contributed by atoms with E-state index < -0.39 is 5.60 Å². The van der Waals surface area contributed by atoms with Gasteiger partial charge in [-0.15, -0.1) is 0 Å². The lowest BCUT2D eigenvalue weighted by Crippen LogP contribution is -2.42.